The first kappa shape index (κ1) is 18.3. The second kappa shape index (κ2) is 8.02. The van der Waals surface area contributed by atoms with Crippen LogP contribution in [-0.2, 0) is 4.74 Å². The van der Waals surface area contributed by atoms with Crippen LogP contribution in [0.25, 0.3) is 0 Å². The topological polar surface area (TPSA) is 41.6 Å². The third kappa shape index (κ3) is 6.25. The van der Waals surface area contributed by atoms with Crippen LogP contribution in [0.4, 0.5) is 4.79 Å². The molecule has 1 fully saturated rings. The van der Waals surface area contributed by atoms with Crippen molar-refractivity contribution in [3.8, 4) is 0 Å². The number of hydrogen-bond donors (Lipinski definition) is 1. The van der Waals surface area contributed by atoms with Crippen molar-refractivity contribution in [3.63, 3.8) is 0 Å². The first-order valence-electron chi connectivity index (χ1n) is 8.42. The third-order valence-corrected chi connectivity index (χ3v) is 4.25. The molecule has 0 radical (unpaired) electrons. The summed E-state index contributed by atoms with van der Waals surface area (Å²) >= 11 is 0. The Morgan fingerprint density at radius 3 is 2.62 bits per heavy atom. The van der Waals surface area contributed by atoms with E-state index in [2.05, 4.69) is 19.2 Å². The molecule has 3 unspecified atom stereocenters. The van der Waals surface area contributed by atoms with Gasteiger partial charge in [0.15, 0.2) is 0 Å². The van der Waals surface area contributed by atoms with Crippen molar-refractivity contribution in [1.82, 2.24) is 10.2 Å². The molecule has 0 aliphatic carbocycles. The van der Waals surface area contributed by atoms with Gasteiger partial charge in [-0.05, 0) is 52.5 Å². The van der Waals surface area contributed by atoms with E-state index in [1.807, 2.05) is 32.7 Å². The fourth-order valence-electron chi connectivity index (χ4n) is 3.20. The smallest absolute Gasteiger partial charge is 0.410 e. The number of nitrogens with zero attached hydrogens (tertiary/aromatic N) is 1. The Morgan fingerprint density at radius 2 is 2.10 bits per heavy atom. The van der Waals surface area contributed by atoms with E-state index >= 15 is 0 Å². The molecule has 1 aliphatic heterocycles. The molecule has 4 heteroatoms. The van der Waals surface area contributed by atoms with Crippen molar-refractivity contribution in [2.75, 3.05) is 20.1 Å². The highest BCUT2D eigenvalue weighted by Crippen LogP contribution is 2.26. The maximum absolute atomic E-state index is 12.1. The minimum absolute atomic E-state index is 0.165. The molecule has 0 saturated carbocycles. The Morgan fingerprint density at radius 1 is 1.43 bits per heavy atom. The fraction of sp³-hybridized carbons (Fsp3) is 0.941. The Kier molecular flexibility index (Phi) is 6.98. The van der Waals surface area contributed by atoms with Gasteiger partial charge >= 0.3 is 6.09 Å². The van der Waals surface area contributed by atoms with Gasteiger partial charge in [-0.3, -0.25) is 0 Å². The van der Waals surface area contributed by atoms with Crippen molar-refractivity contribution in [2.24, 2.45) is 11.8 Å². The molecule has 1 amide bonds. The van der Waals surface area contributed by atoms with Crippen molar-refractivity contribution in [3.05, 3.63) is 0 Å². The van der Waals surface area contributed by atoms with Gasteiger partial charge in [-0.1, -0.05) is 26.7 Å². The van der Waals surface area contributed by atoms with Gasteiger partial charge in [0.2, 0.25) is 0 Å². The van der Waals surface area contributed by atoms with Crippen LogP contribution in [0.15, 0.2) is 0 Å². The molecule has 1 aliphatic rings. The Bertz CT molecular complexity index is 325. The molecular weight excluding hydrogens is 264 g/mol. The minimum Gasteiger partial charge on any atom is -0.444 e. The molecule has 1 saturated heterocycles. The molecule has 0 bridgehead atoms. The quantitative estimate of drug-likeness (QED) is 0.813. The van der Waals surface area contributed by atoms with Gasteiger partial charge in [0, 0.05) is 19.1 Å². The van der Waals surface area contributed by atoms with Crippen molar-refractivity contribution < 1.29 is 9.53 Å². The van der Waals surface area contributed by atoms with Gasteiger partial charge in [-0.25, -0.2) is 4.79 Å². The Hall–Kier alpha value is -0.770. The molecule has 0 spiro atoms. The maximum atomic E-state index is 12.1. The molecule has 3 atom stereocenters. The average molecular weight is 298 g/mol. The Balaban J connectivity index is 2.49. The summed E-state index contributed by atoms with van der Waals surface area (Å²) in [5.74, 6) is 1.28. The van der Waals surface area contributed by atoms with Crippen LogP contribution in [0.3, 0.4) is 0 Å². The van der Waals surface area contributed by atoms with E-state index in [4.69, 9.17) is 4.74 Å². The summed E-state index contributed by atoms with van der Waals surface area (Å²) in [6, 6.07) is 0.499. The summed E-state index contributed by atoms with van der Waals surface area (Å²) < 4.78 is 5.47. The molecule has 0 aromatic rings. The summed E-state index contributed by atoms with van der Waals surface area (Å²) in [5, 5.41) is 3.46. The van der Waals surface area contributed by atoms with Crippen LogP contribution in [0.5, 0.6) is 0 Å². The van der Waals surface area contributed by atoms with Crippen molar-refractivity contribution >= 4 is 6.09 Å². The number of carbonyl (C=O) groups excluding carboxylic acids is 1. The lowest BCUT2D eigenvalue weighted by Crippen LogP contribution is -2.39. The highest BCUT2D eigenvalue weighted by Gasteiger charge is 2.33. The van der Waals surface area contributed by atoms with E-state index in [9.17, 15) is 4.79 Å². The van der Waals surface area contributed by atoms with Gasteiger partial charge in [0.05, 0.1) is 0 Å². The van der Waals surface area contributed by atoms with E-state index in [0.717, 1.165) is 25.4 Å². The SMILES string of the molecule is CCCC(C)CC(NC)C1CCN(C(=O)OC(C)(C)C)C1. The average Bonchev–Trinajstić information content (AvgIpc) is 2.83. The van der Waals surface area contributed by atoms with Gasteiger partial charge in [0.25, 0.3) is 0 Å². The molecule has 0 aromatic carbocycles. The third-order valence-electron chi connectivity index (χ3n) is 4.25. The van der Waals surface area contributed by atoms with Gasteiger partial charge in [-0.15, -0.1) is 0 Å². The zero-order chi connectivity index (χ0) is 16.0. The number of ether oxygens (including phenoxy) is 1. The normalized spacial score (nSPS) is 22.2. The molecule has 0 aromatic heterocycles. The van der Waals surface area contributed by atoms with Crippen LogP contribution >= 0.6 is 0 Å². The van der Waals surface area contributed by atoms with Crippen LogP contribution in [0, 0.1) is 11.8 Å². The van der Waals surface area contributed by atoms with E-state index in [0.29, 0.717) is 12.0 Å². The molecule has 1 rings (SSSR count). The molecule has 1 heterocycles. The van der Waals surface area contributed by atoms with Crippen LogP contribution < -0.4 is 5.32 Å². The lowest BCUT2D eigenvalue weighted by molar-refractivity contribution is 0.0285. The van der Waals surface area contributed by atoms with Crippen molar-refractivity contribution in [2.45, 2.75) is 71.9 Å². The standard InChI is InChI=1S/C17H34N2O2/c1-7-8-13(2)11-15(18-6)14-9-10-19(12-14)16(20)21-17(3,4)5/h13-15,18H,7-12H2,1-6H3. The molecular formula is C17H34N2O2. The summed E-state index contributed by atoms with van der Waals surface area (Å²) in [6.45, 7) is 12.0. The van der Waals surface area contributed by atoms with Gasteiger partial charge < -0.3 is 15.0 Å². The van der Waals surface area contributed by atoms with Crippen LogP contribution in [-0.4, -0.2) is 42.8 Å². The summed E-state index contributed by atoms with van der Waals surface area (Å²) in [7, 11) is 2.04. The molecule has 21 heavy (non-hydrogen) atoms. The first-order valence-corrected chi connectivity index (χ1v) is 8.42. The van der Waals surface area contributed by atoms with E-state index in [1.54, 1.807) is 0 Å². The second-order valence-electron chi connectivity index (χ2n) is 7.50. The monoisotopic (exact) mass is 298 g/mol. The number of amides is 1. The Labute approximate surface area is 130 Å². The summed E-state index contributed by atoms with van der Waals surface area (Å²) in [4.78, 5) is 14.0. The number of likely N-dealkylation sites (tertiary alicyclic amines) is 1. The number of hydrogen-bond acceptors (Lipinski definition) is 3. The van der Waals surface area contributed by atoms with E-state index < -0.39 is 5.60 Å². The largest absolute Gasteiger partial charge is 0.444 e. The van der Waals surface area contributed by atoms with Crippen LogP contribution in [0.2, 0.25) is 0 Å². The molecule has 4 nitrogen and oxygen atoms in total. The van der Waals surface area contributed by atoms with Gasteiger partial charge in [-0.2, -0.15) is 0 Å². The fourth-order valence-corrected chi connectivity index (χ4v) is 3.20. The maximum Gasteiger partial charge on any atom is 0.410 e. The summed E-state index contributed by atoms with van der Waals surface area (Å²) in [5.41, 5.74) is -0.410. The van der Waals surface area contributed by atoms with E-state index in [-0.39, 0.29) is 6.09 Å². The zero-order valence-electron chi connectivity index (χ0n) is 14.7. The zero-order valence-corrected chi connectivity index (χ0v) is 14.7. The lowest BCUT2D eigenvalue weighted by Gasteiger charge is -2.27. The highest BCUT2D eigenvalue weighted by atomic mass is 16.6. The minimum atomic E-state index is -0.410. The predicted molar refractivity (Wildman–Crippen MR) is 87.5 cm³/mol. The molecule has 124 valence electrons. The first-order chi connectivity index (χ1) is 9.76. The second-order valence-corrected chi connectivity index (χ2v) is 7.50. The predicted octanol–water partition coefficient (Wildman–Crippen LogP) is 3.66. The van der Waals surface area contributed by atoms with E-state index in [1.165, 1.54) is 19.3 Å². The number of nitrogens with one attached hydrogen (secondary N) is 1. The molecule has 1 N–H and O–H groups in total. The lowest BCUT2D eigenvalue weighted by atomic mass is 9.89. The summed E-state index contributed by atoms with van der Waals surface area (Å²) in [6.07, 6.45) is 4.62. The van der Waals surface area contributed by atoms with Gasteiger partial charge in [0.1, 0.15) is 5.60 Å². The number of carbonyl (C=O) groups is 1. The van der Waals surface area contributed by atoms with Crippen LogP contribution in [0.1, 0.15) is 60.3 Å². The van der Waals surface area contributed by atoms with Crippen molar-refractivity contribution in [1.29, 1.82) is 0 Å². The highest BCUT2D eigenvalue weighted by molar-refractivity contribution is 5.68. The number of rotatable bonds is 6.